The average Bonchev–Trinajstić information content (AvgIpc) is 3.12. The molecule has 3 amide bonds. The first-order chi connectivity index (χ1) is 12.1. The minimum Gasteiger partial charge on any atom is -0.350 e. The first-order valence-corrected chi connectivity index (χ1v) is 8.86. The molecule has 1 saturated heterocycles. The number of benzene rings is 1. The highest BCUT2D eigenvalue weighted by atomic mass is 32.2. The Morgan fingerprint density at radius 2 is 1.92 bits per heavy atom. The third-order valence-corrected chi connectivity index (χ3v) is 4.77. The van der Waals surface area contributed by atoms with Crippen LogP contribution in [0.2, 0.25) is 0 Å². The number of thioether (sulfide) groups is 1. The van der Waals surface area contributed by atoms with Crippen LogP contribution >= 0.6 is 11.8 Å². The van der Waals surface area contributed by atoms with Crippen molar-refractivity contribution >= 4 is 29.4 Å². The van der Waals surface area contributed by atoms with Crippen molar-refractivity contribution in [1.29, 1.82) is 0 Å². The van der Waals surface area contributed by atoms with Gasteiger partial charge in [-0.25, -0.2) is 9.18 Å². The number of hydrogen-bond donors (Lipinski definition) is 2. The number of nitrogens with one attached hydrogen (secondary N) is 2. The molecule has 1 aliphatic heterocycles. The lowest BCUT2D eigenvalue weighted by molar-refractivity contribution is -0.124. The molecule has 0 aliphatic carbocycles. The van der Waals surface area contributed by atoms with Gasteiger partial charge in [0.15, 0.2) is 0 Å². The normalized spacial score (nSPS) is 16.5. The average molecular weight is 360 g/mol. The van der Waals surface area contributed by atoms with Crippen molar-refractivity contribution in [3.8, 4) is 0 Å². The number of halogens is 1. The highest BCUT2D eigenvalue weighted by Gasteiger charge is 2.34. The number of rotatable bonds is 4. The van der Waals surface area contributed by atoms with E-state index in [1.165, 1.54) is 40.9 Å². The van der Waals surface area contributed by atoms with Gasteiger partial charge in [0.1, 0.15) is 11.9 Å². The molecule has 0 radical (unpaired) electrons. The number of hydrogen-bond acceptors (Lipinski definition) is 4. The van der Waals surface area contributed by atoms with Crippen molar-refractivity contribution in [3.63, 3.8) is 0 Å². The molecule has 0 saturated carbocycles. The van der Waals surface area contributed by atoms with Gasteiger partial charge >= 0.3 is 6.03 Å². The van der Waals surface area contributed by atoms with Crippen LogP contribution in [0.5, 0.6) is 0 Å². The molecule has 1 aromatic carbocycles. The van der Waals surface area contributed by atoms with E-state index in [4.69, 9.17) is 0 Å². The first kappa shape index (κ1) is 17.2. The van der Waals surface area contributed by atoms with Gasteiger partial charge in [0.2, 0.25) is 5.91 Å². The van der Waals surface area contributed by atoms with E-state index in [-0.39, 0.29) is 17.8 Å². The van der Waals surface area contributed by atoms with Gasteiger partial charge in [0.05, 0.1) is 5.88 Å². The molecule has 2 N–H and O–H groups in total. The zero-order valence-corrected chi connectivity index (χ0v) is 14.1. The van der Waals surface area contributed by atoms with Crippen LogP contribution in [-0.2, 0) is 11.3 Å². The fraction of sp³-hybridized carbons (Fsp3) is 0.235. The third-order valence-electron chi connectivity index (χ3n) is 3.76. The van der Waals surface area contributed by atoms with Crippen molar-refractivity contribution in [2.75, 3.05) is 16.9 Å². The second-order valence-electron chi connectivity index (χ2n) is 5.50. The minimum absolute atomic E-state index is 0.198. The molecule has 8 heteroatoms. The SMILES string of the molecule is O=C(NCc1ccncc1)[C@H]1CSCN1C(=O)Nc1ccc(F)cc1. The maximum absolute atomic E-state index is 12.9. The van der Waals surface area contributed by atoms with E-state index in [0.717, 1.165) is 5.56 Å². The number of aromatic nitrogens is 1. The van der Waals surface area contributed by atoms with E-state index in [9.17, 15) is 14.0 Å². The van der Waals surface area contributed by atoms with Crippen LogP contribution in [0.4, 0.5) is 14.9 Å². The fourth-order valence-corrected chi connectivity index (χ4v) is 3.55. The minimum atomic E-state index is -0.535. The van der Waals surface area contributed by atoms with E-state index >= 15 is 0 Å². The molecule has 2 aromatic rings. The van der Waals surface area contributed by atoms with Crippen LogP contribution in [0.3, 0.4) is 0 Å². The number of carbonyl (C=O) groups excluding carboxylic acids is 2. The molecule has 1 aromatic heterocycles. The van der Waals surface area contributed by atoms with Gasteiger partial charge in [0, 0.05) is 30.4 Å². The topological polar surface area (TPSA) is 74.3 Å². The van der Waals surface area contributed by atoms with Gasteiger partial charge in [-0.05, 0) is 42.0 Å². The van der Waals surface area contributed by atoms with Crippen molar-refractivity contribution in [2.45, 2.75) is 12.6 Å². The lowest BCUT2D eigenvalue weighted by Gasteiger charge is -2.23. The van der Waals surface area contributed by atoms with E-state index < -0.39 is 6.04 Å². The highest BCUT2D eigenvalue weighted by molar-refractivity contribution is 7.99. The second kappa shape index (κ2) is 7.98. The molecule has 6 nitrogen and oxygen atoms in total. The zero-order valence-electron chi connectivity index (χ0n) is 13.3. The maximum atomic E-state index is 12.9. The summed E-state index contributed by atoms with van der Waals surface area (Å²) in [5, 5.41) is 5.53. The first-order valence-electron chi connectivity index (χ1n) is 7.71. The molecule has 2 heterocycles. The van der Waals surface area contributed by atoms with Crippen molar-refractivity contribution < 1.29 is 14.0 Å². The molecular formula is C17H17FN4O2S. The Kier molecular flexibility index (Phi) is 5.49. The number of anilines is 1. The van der Waals surface area contributed by atoms with Gasteiger partial charge in [-0.3, -0.25) is 9.78 Å². The number of amides is 3. The third kappa shape index (κ3) is 4.48. The number of carbonyl (C=O) groups is 2. The summed E-state index contributed by atoms with van der Waals surface area (Å²) < 4.78 is 12.9. The summed E-state index contributed by atoms with van der Waals surface area (Å²) in [6.07, 6.45) is 3.32. The van der Waals surface area contributed by atoms with Crippen LogP contribution in [0, 0.1) is 5.82 Å². The van der Waals surface area contributed by atoms with E-state index in [1.54, 1.807) is 12.4 Å². The Hall–Kier alpha value is -2.61. The van der Waals surface area contributed by atoms with Gasteiger partial charge in [-0.1, -0.05) is 0 Å². The molecule has 0 unspecified atom stereocenters. The summed E-state index contributed by atoms with van der Waals surface area (Å²) in [4.78, 5) is 30.2. The van der Waals surface area contributed by atoms with Gasteiger partial charge in [-0.15, -0.1) is 11.8 Å². The second-order valence-corrected chi connectivity index (χ2v) is 6.50. The Bertz CT molecular complexity index is 742. The largest absolute Gasteiger partial charge is 0.350 e. The number of pyridine rings is 1. The van der Waals surface area contributed by atoms with Crippen LogP contribution in [0.25, 0.3) is 0 Å². The van der Waals surface area contributed by atoms with Crippen LogP contribution < -0.4 is 10.6 Å². The Morgan fingerprint density at radius 1 is 1.20 bits per heavy atom. The van der Waals surface area contributed by atoms with E-state index in [0.29, 0.717) is 23.9 Å². The number of nitrogens with zero attached hydrogens (tertiary/aromatic N) is 2. The predicted octanol–water partition coefficient (Wildman–Crippen LogP) is 2.44. The Morgan fingerprint density at radius 3 is 2.64 bits per heavy atom. The van der Waals surface area contributed by atoms with E-state index in [1.807, 2.05) is 12.1 Å². The van der Waals surface area contributed by atoms with Crippen molar-refractivity contribution in [3.05, 3.63) is 60.2 Å². The van der Waals surface area contributed by atoms with Crippen LogP contribution in [-0.4, -0.2) is 39.5 Å². The zero-order chi connectivity index (χ0) is 17.6. The summed E-state index contributed by atoms with van der Waals surface area (Å²) in [6, 6.07) is 8.24. The summed E-state index contributed by atoms with van der Waals surface area (Å²) in [5.74, 6) is 0.401. The molecule has 130 valence electrons. The molecule has 0 spiro atoms. The Labute approximate surface area is 148 Å². The summed E-state index contributed by atoms with van der Waals surface area (Å²) in [5.41, 5.74) is 1.43. The fourth-order valence-electron chi connectivity index (χ4n) is 2.40. The van der Waals surface area contributed by atoms with Gasteiger partial charge in [-0.2, -0.15) is 0 Å². The number of urea groups is 1. The van der Waals surface area contributed by atoms with Crippen LogP contribution in [0.1, 0.15) is 5.56 Å². The molecule has 25 heavy (non-hydrogen) atoms. The summed E-state index contributed by atoms with van der Waals surface area (Å²) in [7, 11) is 0. The summed E-state index contributed by atoms with van der Waals surface area (Å²) >= 11 is 1.52. The molecule has 1 fully saturated rings. The monoisotopic (exact) mass is 360 g/mol. The molecule has 1 aliphatic rings. The quantitative estimate of drug-likeness (QED) is 0.878. The van der Waals surface area contributed by atoms with Crippen LogP contribution in [0.15, 0.2) is 48.8 Å². The predicted molar refractivity (Wildman–Crippen MR) is 94.5 cm³/mol. The van der Waals surface area contributed by atoms with Gasteiger partial charge in [0.25, 0.3) is 0 Å². The molecule has 1 atom stereocenters. The molecule has 3 rings (SSSR count). The lowest BCUT2D eigenvalue weighted by Crippen LogP contribution is -2.48. The highest BCUT2D eigenvalue weighted by Crippen LogP contribution is 2.22. The van der Waals surface area contributed by atoms with Gasteiger partial charge < -0.3 is 15.5 Å². The smallest absolute Gasteiger partial charge is 0.323 e. The molecule has 0 bridgehead atoms. The molecular weight excluding hydrogens is 343 g/mol. The summed E-state index contributed by atoms with van der Waals surface area (Å²) in [6.45, 7) is 0.385. The van der Waals surface area contributed by atoms with E-state index in [2.05, 4.69) is 15.6 Å². The Balaban J connectivity index is 1.58. The standard InChI is InChI=1S/C17H17FN4O2S/c18-13-1-3-14(4-2-13)21-17(24)22-11-25-10-15(22)16(23)20-9-12-5-7-19-8-6-12/h1-8,15H,9-11H2,(H,20,23)(H,21,24)/t15-/m1/s1. The van der Waals surface area contributed by atoms with Crippen molar-refractivity contribution in [1.82, 2.24) is 15.2 Å². The lowest BCUT2D eigenvalue weighted by atomic mass is 10.2. The van der Waals surface area contributed by atoms with Crippen molar-refractivity contribution in [2.24, 2.45) is 0 Å². The maximum Gasteiger partial charge on any atom is 0.323 e.